The van der Waals surface area contributed by atoms with Gasteiger partial charge in [-0.15, -0.1) is 0 Å². The van der Waals surface area contributed by atoms with Gasteiger partial charge in [-0.1, -0.05) is 23.2 Å². The number of benzene rings is 1. The number of ketones is 1. The van der Waals surface area contributed by atoms with Gasteiger partial charge in [0.05, 0.1) is 16.6 Å². The minimum atomic E-state index is -0.382. The minimum absolute atomic E-state index is 0.115. The third-order valence-electron chi connectivity index (χ3n) is 3.93. The number of anilines is 1. The molecule has 0 bridgehead atoms. The highest BCUT2D eigenvalue weighted by atomic mass is 35.5. The van der Waals surface area contributed by atoms with Crippen LogP contribution in [0.3, 0.4) is 0 Å². The van der Waals surface area contributed by atoms with Gasteiger partial charge in [-0.3, -0.25) is 14.4 Å². The van der Waals surface area contributed by atoms with E-state index in [2.05, 4.69) is 10.3 Å². The molecule has 0 aliphatic rings. The zero-order valence-corrected chi connectivity index (χ0v) is 16.4. The maximum atomic E-state index is 12.6. The monoisotopic (exact) mass is 395 g/mol. The molecule has 1 aromatic heterocycles. The van der Waals surface area contributed by atoms with Crippen molar-refractivity contribution in [3.8, 4) is 0 Å². The number of aryl methyl sites for hydroxylation is 1. The fourth-order valence-corrected chi connectivity index (χ4v) is 3.04. The lowest BCUT2D eigenvalue weighted by Gasteiger charge is -2.17. The van der Waals surface area contributed by atoms with Gasteiger partial charge in [0.2, 0.25) is 5.91 Å². The molecule has 26 heavy (non-hydrogen) atoms. The molecule has 0 saturated carbocycles. The number of hydrogen-bond donors (Lipinski definition) is 2. The molecule has 0 spiro atoms. The van der Waals surface area contributed by atoms with Crippen molar-refractivity contribution in [1.82, 2.24) is 9.88 Å². The lowest BCUT2D eigenvalue weighted by Crippen LogP contribution is -2.35. The lowest BCUT2D eigenvalue weighted by atomic mass is 10.1. The van der Waals surface area contributed by atoms with Crippen LogP contribution in [0.15, 0.2) is 18.2 Å². The highest BCUT2D eigenvalue weighted by Crippen LogP contribution is 2.25. The molecule has 138 valence electrons. The van der Waals surface area contributed by atoms with Crippen LogP contribution in [-0.4, -0.2) is 41.1 Å². The molecule has 0 fully saturated rings. The van der Waals surface area contributed by atoms with Gasteiger partial charge in [-0.2, -0.15) is 0 Å². The van der Waals surface area contributed by atoms with Crippen LogP contribution in [0.1, 0.15) is 39.0 Å². The van der Waals surface area contributed by atoms with Crippen LogP contribution >= 0.6 is 23.2 Å². The smallest absolute Gasteiger partial charge is 0.270 e. The Labute approximate surface area is 161 Å². The predicted octanol–water partition coefficient (Wildman–Crippen LogP) is 3.85. The number of aromatic nitrogens is 1. The lowest BCUT2D eigenvalue weighted by molar-refractivity contribution is -0.116. The van der Waals surface area contributed by atoms with Crippen molar-refractivity contribution in [2.24, 2.45) is 0 Å². The second-order valence-electron chi connectivity index (χ2n) is 6.02. The normalized spacial score (nSPS) is 10.5. The molecule has 0 atom stereocenters. The molecule has 0 aliphatic carbocycles. The summed E-state index contributed by atoms with van der Waals surface area (Å²) in [6, 6.07) is 4.72. The fraction of sp³-hybridized carbons (Fsp3) is 0.278. The Morgan fingerprint density at radius 3 is 2.35 bits per heavy atom. The van der Waals surface area contributed by atoms with E-state index >= 15 is 0 Å². The Morgan fingerprint density at radius 2 is 1.81 bits per heavy atom. The number of carbonyl (C=O) groups is 3. The highest BCUT2D eigenvalue weighted by molar-refractivity contribution is 6.42. The zero-order chi connectivity index (χ0) is 19.6. The van der Waals surface area contributed by atoms with E-state index in [0.29, 0.717) is 38.2 Å². The molecule has 6 nitrogen and oxygen atoms in total. The number of hydrogen-bond acceptors (Lipinski definition) is 3. The summed E-state index contributed by atoms with van der Waals surface area (Å²) in [5.41, 5.74) is 2.50. The first-order valence-electron chi connectivity index (χ1n) is 7.82. The number of aromatic amines is 1. The Balaban J connectivity index is 2.09. The largest absolute Gasteiger partial charge is 0.354 e. The van der Waals surface area contributed by atoms with Gasteiger partial charge in [0.15, 0.2) is 5.78 Å². The van der Waals surface area contributed by atoms with Gasteiger partial charge in [0.1, 0.15) is 5.69 Å². The molecule has 0 radical (unpaired) electrons. The first kappa shape index (κ1) is 20.0. The third-order valence-corrected chi connectivity index (χ3v) is 4.67. The second-order valence-corrected chi connectivity index (χ2v) is 6.83. The Morgan fingerprint density at radius 1 is 1.15 bits per heavy atom. The van der Waals surface area contributed by atoms with Crippen LogP contribution < -0.4 is 5.32 Å². The predicted molar refractivity (Wildman–Crippen MR) is 102 cm³/mol. The molecule has 0 unspecified atom stereocenters. The summed E-state index contributed by atoms with van der Waals surface area (Å²) in [5.74, 6) is -0.871. The average Bonchev–Trinajstić information content (AvgIpc) is 2.84. The summed E-state index contributed by atoms with van der Waals surface area (Å²) < 4.78 is 0. The Hall–Kier alpha value is -2.31. The number of nitrogens with one attached hydrogen (secondary N) is 2. The van der Waals surface area contributed by atoms with Gasteiger partial charge in [0, 0.05) is 24.0 Å². The number of amides is 2. The van der Waals surface area contributed by atoms with E-state index in [-0.39, 0.29) is 24.1 Å². The van der Waals surface area contributed by atoms with Gasteiger partial charge < -0.3 is 15.2 Å². The highest BCUT2D eigenvalue weighted by Gasteiger charge is 2.23. The van der Waals surface area contributed by atoms with Crippen molar-refractivity contribution in [3.05, 3.63) is 50.8 Å². The minimum Gasteiger partial charge on any atom is -0.354 e. The van der Waals surface area contributed by atoms with Gasteiger partial charge in [-0.05, 0) is 44.5 Å². The summed E-state index contributed by atoms with van der Waals surface area (Å²) >= 11 is 11.8. The second kappa shape index (κ2) is 7.93. The number of H-pyrrole nitrogens is 1. The standard InChI is InChI=1S/C18H19Cl2N3O3/c1-9-16(11(3)24)10(2)21-17(9)18(26)23(4)8-15(25)22-12-5-6-13(19)14(20)7-12/h5-7,21H,8H2,1-4H3,(H,22,25). The van der Waals surface area contributed by atoms with Crippen LogP contribution in [0.2, 0.25) is 10.0 Å². The van der Waals surface area contributed by atoms with Crippen molar-refractivity contribution >= 4 is 46.5 Å². The fourth-order valence-electron chi connectivity index (χ4n) is 2.74. The quantitative estimate of drug-likeness (QED) is 0.754. The molecule has 2 aromatic rings. The summed E-state index contributed by atoms with van der Waals surface area (Å²) in [7, 11) is 1.51. The van der Waals surface area contributed by atoms with Crippen molar-refractivity contribution in [2.45, 2.75) is 20.8 Å². The summed E-state index contributed by atoms with van der Waals surface area (Å²) in [4.78, 5) is 40.7. The van der Waals surface area contributed by atoms with Crippen LogP contribution in [0.25, 0.3) is 0 Å². The maximum absolute atomic E-state index is 12.6. The topological polar surface area (TPSA) is 82.3 Å². The zero-order valence-electron chi connectivity index (χ0n) is 14.9. The van der Waals surface area contributed by atoms with Crippen LogP contribution in [0.4, 0.5) is 5.69 Å². The molecule has 2 rings (SSSR count). The molecular weight excluding hydrogens is 377 g/mol. The number of rotatable bonds is 5. The van der Waals surface area contributed by atoms with Crippen molar-refractivity contribution in [1.29, 1.82) is 0 Å². The Bertz CT molecular complexity index is 890. The van der Waals surface area contributed by atoms with Crippen molar-refractivity contribution in [2.75, 3.05) is 18.9 Å². The van der Waals surface area contributed by atoms with Crippen molar-refractivity contribution < 1.29 is 14.4 Å². The van der Waals surface area contributed by atoms with E-state index in [9.17, 15) is 14.4 Å². The molecule has 2 N–H and O–H groups in total. The van der Waals surface area contributed by atoms with Gasteiger partial charge in [0.25, 0.3) is 5.91 Å². The van der Waals surface area contributed by atoms with Gasteiger partial charge in [-0.25, -0.2) is 0 Å². The Kier molecular flexibility index (Phi) is 6.10. The molecule has 1 heterocycles. The van der Waals surface area contributed by atoms with E-state index in [1.165, 1.54) is 24.9 Å². The first-order valence-corrected chi connectivity index (χ1v) is 8.57. The summed E-state index contributed by atoms with van der Waals surface area (Å²) in [6.07, 6.45) is 0. The molecule has 1 aromatic carbocycles. The van der Waals surface area contributed by atoms with Crippen LogP contribution in [0, 0.1) is 13.8 Å². The molecule has 8 heteroatoms. The van der Waals surface area contributed by atoms with E-state index in [4.69, 9.17) is 23.2 Å². The van der Waals surface area contributed by atoms with E-state index in [1.54, 1.807) is 26.0 Å². The average molecular weight is 396 g/mol. The number of halogens is 2. The molecule has 2 amide bonds. The van der Waals surface area contributed by atoms with Crippen LogP contribution in [-0.2, 0) is 4.79 Å². The summed E-state index contributed by atoms with van der Waals surface area (Å²) in [5, 5.41) is 3.36. The number of likely N-dealkylation sites (N-methyl/N-ethyl adjacent to an activating group) is 1. The third kappa shape index (κ3) is 4.26. The first-order chi connectivity index (χ1) is 12.1. The SMILES string of the molecule is CC(=O)c1c(C)[nH]c(C(=O)N(C)CC(=O)Nc2ccc(Cl)c(Cl)c2)c1C. The van der Waals surface area contributed by atoms with Crippen LogP contribution in [0.5, 0.6) is 0 Å². The van der Waals surface area contributed by atoms with E-state index in [1.807, 2.05) is 0 Å². The number of carbonyl (C=O) groups excluding carboxylic acids is 3. The summed E-state index contributed by atoms with van der Waals surface area (Å²) in [6.45, 7) is 4.73. The molecule has 0 aliphatic heterocycles. The number of nitrogens with zero attached hydrogens (tertiary/aromatic N) is 1. The molecule has 0 saturated heterocycles. The number of Topliss-reactive ketones (excluding diaryl/α,β-unsaturated/α-hetero) is 1. The maximum Gasteiger partial charge on any atom is 0.270 e. The molecular formula is C18H19Cl2N3O3. The van der Waals surface area contributed by atoms with Crippen molar-refractivity contribution in [3.63, 3.8) is 0 Å². The van der Waals surface area contributed by atoms with E-state index < -0.39 is 0 Å². The van der Waals surface area contributed by atoms with Gasteiger partial charge >= 0.3 is 0 Å². The van der Waals surface area contributed by atoms with E-state index in [0.717, 1.165) is 0 Å².